The number of aromatic hydroxyl groups is 2. The molecule has 0 aliphatic carbocycles. The highest BCUT2D eigenvalue weighted by atomic mass is 35.5. The Balaban J connectivity index is 0.000000291. The van der Waals surface area contributed by atoms with E-state index in [4.69, 9.17) is 9.84 Å². The van der Waals surface area contributed by atoms with E-state index in [1.807, 2.05) is 29.2 Å². The summed E-state index contributed by atoms with van der Waals surface area (Å²) in [5.74, 6) is 0.239. The number of halogens is 5. The van der Waals surface area contributed by atoms with Gasteiger partial charge in [0.1, 0.15) is 17.2 Å². The molecule has 1 saturated heterocycles. The number of aliphatic hydroxyl groups is 1. The normalized spacial score (nSPS) is 14.2. The highest BCUT2D eigenvalue weighted by Gasteiger charge is 2.33. The Morgan fingerprint density at radius 1 is 0.804 bits per heavy atom. The number of phenolic OH excluding ortho intramolecular Hbond substituents is 2. The SMILES string of the molecule is COc1ccc(CC(=O)c2ccc(O)cc2O)cc1.Cl.Cl.OCCN1CCN(CCCN2c3ccccc3Sc3ccc(C(F)(F)F)cc32)CC1. The number of ketones is 1. The Bertz CT molecular complexity index is 1720. The van der Waals surface area contributed by atoms with Gasteiger partial charge in [-0.1, -0.05) is 36.0 Å². The number of Topliss-reactive ketones (excluding diaryl/α,β-unsaturated/α-hetero) is 1. The quantitative estimate of drug-likeness (QED) is 0.141. The van der Waals surface area contributed by atoms with Gasteiger partial charge in [0, 0.05) is 61.5 Å². The van der Waals surface area contributed by atoms with Gasteiger partial charge in [0.25, 0.3) is 0 Å². The number of carbonyl (C=O) groups is 1. The molecule has 0 bridgehead atoms. The Labute approximate surface area is 312 Å². The molecule has 4 aromatic rings. The van der Waals surface area contributed by atoms with Gasteiger partial charge in [-0.25, -0.2) is 0 Å². The number of anilines is 2. The summed E-state index contributed by atoms with van der Waals surface area (Å²) in [6, 6.07) is 23.0. The zero-order valence-electron chi connectivity index (χ0n) is 28.0. The van der Waals surface area contributed by atoms with E-state index in [0.717, 1.165) is 72.0 Å². The molecule has 2 heterocycles. The maximum Gasteiger partial charge on any atom is 0.416 e. The van der Waals surface area contributed by atoms with Crippen molar-refractivity contribution < 1.29 is 38.0 Å². The summed E-state index contributed by atoms with van der Waals surface area (Å²) < 4.78 is 45.0. The number of ether oxygens (including phenoxy) is 1. The topological polar surface area (TPSA) is 96.7 Å². The van der Waals surface area contributed by atoms with Crippen LogP contribution in [0.4, 0.5) is 24.5 Å². The predicted octanol–water partition coefficient (Wildman–Crippen LogP) is 7.68. The lowest BCUT2D eigenvalue weighted by Gasteiger charge is -2.36. The third kappa shape index (κ3) is 11.2. The molecule has 0 aromatic heterocycles. The number of hydrogen-bond donors (Lipinski definition) is 3. The van der Waals surface area contributed by atoms with Crippen LogP contribution in [-0.4, -0.2) is 90.4 Å². The molecule has 0 radical (unpaired) electrons. The first kappa shape index (κ1) is 41.8. The van der Waals surface area contributed by atoms with Crippen molar-refractivity contribution in [3.8, 4) is 17.2 Å². The number of phenols is 2. The summed E-state index contributed by atoms with van der Waals surface area (Å²) in [6.45, 7) is 6.29. The highest BCUT2D eigenvalue weighted by molar-refractivity contribution is 7.99. The molecule has 1 fully saturated rings. The second-order valence-electron chi connectivity index (χ2n) is 11.8. The molecular formula is C37H42Cl2F3N3O5S. The number of carbonyl (C=O) groups excluding carboxylic acids is 1. The lowest BCUT2D eigenvalue weighted by molar-refractivity contribution is -0.137. The summed E-state index contributed by atoms with van der Waals surface area (Å²) in [5, 5.41) is 27.9. The van der Waals surface area contributed by atoms with Crippen molar-refractivity contribution in [3.63, 3.8) is 0 Å². The molecule has 51 heavy (non-hydrogen) atoms. The van der Waals surface area contributed by atoms with E-state index in [0.29, 0.717) is 18.8 Å². The minimum absolute atomic E-state index is 0. The van der Waals surface area contributed by atoms with Crippen LogP contribution in [-0.2, 0) is 12.6 Å². The number of β-amino-alcohol motifs (C(OH)–C–C–N with tert-alkyl or cyclic N) is 1. The average molecular weight is 769 g/mol. The standard InChI is InChI=1S/C22H26F3N3OS.C15H14O4.2ClH/c23-22(24,25)17-6-7-21-19(16-17)28(18-4-1-2-5-20(18)30-21)9-3-8-26-10-12-27(13-11-26)14-15-29;1-19-12-5-2-10(3-6-12)8-14(17)13-7-4-11(16)9-15(13)18;;/h1-2,4-7,16,29H,3,8-15H2;2-7,9,16,18H,8H2,1H3;2*1H. The number of nitrogens with zero attached hydrogens (tertiary/aromatic N) is 3. The van der Waals surface area contributed by atoms with Gasteiger partial charge in [0.15, 0.2) is 5.78 Å². The summed E-state index contributed by atoms with van der Waals surface area (Å²) in [7, 11) is 1.58. The molecule has 0 amide bonds. The van der Waals surface area contributed by atoms with Gasteiger partial charge in [-0.05, 0) is 73.1 Å². The number of para-hydroxylation sites is 1. The smallest absolute Gasteiger partial charge is 0.416 e. The largest absolute Gasteiger partial charge is 0.508 e. The van der Waals surface area contributed by atoms with Crippen molar-refractivity contribution in [1.82, 2.24) is 9.80 Å². The Hall–Kier alpha value is -3.65. The number of fused-ring (bicyclic) bond motifs is 2. The van der Waals surface area contributed by atoms with Crippen LogP contribution in [0.25, 0.3) is 0 Å². The molecule has 276 valence electrons. The summed E-state index contributed by atoms with van der Waals surface area (Å²) >= 11 is 1.53. The number of methoxy groups -OCH3 is 1. The number of benzene rings is 4. The first-order chi connectivity index (χ1) is 23.5. The number of aliphatic hydroxyl groups excluding tert-OH is 1. The highest BCUT2D eigenvalue weighted by Crippen LogP contribution is 2.49. The van der Waals surface area contributed by atoms with Crippen molar-refractivity contribution in [3.05, 3.63) is 102 Å². The molecule has 0 atom stereocenters. The van der Waals surface area contributed by atoms with Crippen molar-refractivity contribution in [1.29, 1.82) is 0 Å². The third-order valence-corrected chi connectivity index (χ3v) is 9.63. The maximum absolute atomic E-state index is 13.3. The predicted molar refractivity (Wildman–Crippen MR) is 199 cm³/mol. The van der Waals surface area contributed by atoms with Crippen LogP contribution < -0.4 is 9.64 Å². The van der Waals surface area contributed by atoms with E-state index in [-0.39, 0.29) is 60.7 Å². The summed E-state index contributed by atoms with van der Waals surface area (Å²) in [6.07, 6.45) is -3.30. The first-order valence-corrected chi connectivity index (χ1v) is 16.9. The molecular weight excluding hydrogens is 726 g/mol. The maximum atomic E-state index is 13.3. The number of hydrogen-bond acceptors (Lipinski definition) is 9. The van der Waals surface area contributed by atoms with E-state index >= 15 is 0 Å². The molecule has 2 aliphatic rings. The molecule has 8 nitrogen and oxygen atoms in total. The molecule has 0 unspecified atom stereocenters. The lowest BCUT2D eigenvalue weighted by atomic mass is 10.0. The van der Waals surface area contributed by atoms with E-state index in [1.165, 1.54) is 36.0 Å². The molecule has 6 rings (SSSR count). The van der Waals surface area contributed by atoms with Gasteiger partial charge >= 0.3 is 6.18 Å². The van der Waals surface area contributed by atoms with Crippen LogP contribution in [0, 0.1) is 0 Å². The van der Waals surface area contributed by atoms with Crippen LogP contribution in [0.2, 0.25) is 0 Å². The van der Waals surface area contributed by atoms with Crippen molar-refractivity contribution in [2.75, 3.05) is 64.4 Å². The van der Waals surface area contributed by atoms with Gasteiger partial charge in [0.05, 0.1) is 36.2 Å². The number of piperazine rings is 1. The minimum Gasteiger partial charge on any atom is -0.508 e. The Morgan fingerprint density at radius 3 is 2.08 bits per heavy atom. The van der Waals surface area contributed by atoms with Crippen molar-refractivity contribution >= 4 is 53.7 Å². The molecule has 2 aliphatic heterocycles. The zero-order valence-corrected chi connectivity index (χ0v) is 30.5. The van der Waals surface area contributed by atoms with Crippen LogP contribution in [0.15, 0.2) is 94.7 Å². The first-order valence-electron chi connectivity index (χ1n) is 16.0. The van der Waals surface area contributed by atoms with Crippen LogP contribution in [0.3, 0.4) is 0 Å². The summed E-state index contributed by atoms with van der Waals surface area (Å²) in [4.78, 5) is 20.6. The van der Waals surface area contributed by atoms with Crippen LogP contribution in [0.5, 0.6) is 17.2 Å². The number of alkyl halides is 3. The van der Waals surface area contributed by atoms with Crippen molar-refractivity contribution in [2.45, 2.75) is 28.8 Å². The zero-order chi connectivity index (χ0) is 35.0. The van der Waals surface area contributed by atoms with E-state index < -0.39 is 11.7 Å². The molecule has 4 aromatic carbocycles. The Morgan fingerprint density at radius 2 is 1.45 bits per heavy atom. The molecule has 0 spiro atoms. The van der Waals surface area contributed by atoms with E-state index in [9.17, 15) is 28.2 Å². The number of rotatable bonds is 10. The second-order valence-corrected chi connectivity index (χ2v) is 12.9. The second kappa shape index (κ2) is 19.3. The minimum atomic E-state index is -4.35. The third-order valence-electron chi connectivity index (χ3n) is 8.50. The monoisotopic (exact) mass is 767 g/mol. The molecule has 0 saturated carbocycles. The van der Waals surface area contributed by atoms with Crippen LogP contribution in [0.1, 0.15) is 27.9 Å². The fraction of sp³-hybridized carbons (Fsp3) is 0.324. The fourth-order valence-electron chi connectivity index (χ4n) is 5.86. The fourth-order valence-corrected chi connectivity index (χ4v) is 6.93. The molecule has 14 heteroatoms. The molecule has 3 N–H and O–H groups in total. The van der Waals surface area contributed by atoms with E-state index in [2.05, 4.69) is 9.80 Å². The van der Waals surface area contributed by atoms with Gasteiger partial charge in [-0.2, -0.15) is 13.2 Å². The van der Waals surface area contributed by atoms with Gasteiger partial charge in [0.2, 0.25) is 0 Å². The van der Waals surface area contributed by atoms with E-state index in [1.54, 1.807) is 37.4 Å². The van der Waals surface area contributed by atoms with Crippen molar-refractivity contribution in [2.24, 2.45) is 0 Å². The van der Waals surface area contributed by atoms with Gasteiger partial charge in [-0.3, -0.25) is 9.69 Å². The summed E-state index contributed by atoms with van der Waals surface area (Å²) in [5.41, 5.74) is 2.04. The van der Waals surface area contributed by atoms with Crippen LogP contribution >= 0.6 is 36.6 Å². The van der Waals surface area contributed by atoms with Gasteiger partial charge in [-0.15, -0.1) is 24.8 Å². The average Bonchev–Trinajstić information content (AvgIpc) is 3.09. The Kier molecular flexibility index (Phi) is 15.8. The lowest BCUT2D eigenvalue weighted by Crippen LogP contribution is -2.47. The van der Waals surface area contributed by atoms with Gasteiger partial charge < -0.3 is 29.9 Å².